The molecule has 2 amide bonds. The highest BCUT2D eigenvalue weighted by molar-refractivity contribution is 6.35. The molecule has 12 heteroatoms. The van der Waals surface area contributed by atoms with Crippen molar-refractivity contribution in [1.82, 2.24) is 14.5 Å². The first-order valence-corrected chi connectivity index (χ1v) is 14.3. The van der Waals surface area contributed by atoms with Crippen molar-refractivity contribution in [2.75, 3.05) is 30.2 Å². The van der Waals surface area contributed by atoms with Crippen LogP contribution in [0.15, 0.2) is 103 Å². The van der Waals surface area contributed by atoms with Crippen LogP contribution in [0.25, 0.3) is 22.2 Å². The Hall–Kier alpha value is -5.94. The average molecular weight is 637 g/mol. The molecular weight excluding hydrogens is 608 g/mol. The van der Waals surface area contributed by atoms with Crippen LogP contribution in [0.5, 0.6) is 11.5 Å². The molecule has 0 aliphatic carbocycles. The molecule has 0 aliphatic rings. The van der Waals surface area contributed by atoms with E-state index in [4.69, 9.17) is 26.1 Å². The number of hydrogen-bond acceptors (Lipinski definition) is 8. The number of carbonyl (C=O) groups excluding carboxylic acids is 2. The maximum atomic E-state index is 14.3. The number of hydrogen-bond donors (Lipinski definition) is 3. The molecule has 0 saturated heterocycles. The van der Waals surface area contributed by atoms with Crippen LogP contribution in [0.4, 0.5) is 23.0 Å². The van der Waals surface area contributed by atoms with Gasteiger partial charge in [0.15, 0.2) is 0 Å². The summed E-state index contributed by atoms with van der Waals surface area (Å²) in [5.74, 6) is 0.278. The molecule has 0 spiro atoms. The molecule has 0 fully saturated rings. The molecule has 0 radical (unpaired) electrons. The van der Waals surface area contributed by atoms with E-state index in [9.17, 15) is 14.4 Å². The fraction of sp³-hybridized carbons (Fsp3) is 0.0882. The van der Waals surface area contributed by atoms with E-state index in [2.05, 4.69) is 34.1 Å². The van der Waals surface area contributed by atoms with E-state index in [0.717, 1.165) is 5.56 Å². The number of ether oxygens (including phenoxy) is 2. The summed E-state index contributed by atoms with van der Waals surface area (Å²) in [5, 5.41) is 9.38. The second kappa shape index (κ2) is 13.8. The van der Waals surface area contributed by atoms with Gasteiger partial charge in [-0.2, -0.15) is 4.98 Å². The minimum atomic E-state index is -0.378. The highest BCUT2D eigenvalue weighted by atomic mass is 35.5. The second-order valence-electron chi connectivity index (χ2n) is 9.87. The fourth-order valence-corrected chi connectivity index (χ4v) is 4.96. The Balaban J connectivity index is 1.65. The van der Waals surface area contributed by atoms with Gasteiger partial charge in [-0.05, 0) is 54.1 Å². The van der Waals surface area contributed by atoms with Crippen molar-refractivity contribution in [2.24, 2.45) is 0 Å². The third-order valence-electron chi connectivity index (χ3n) is 6.95. The van der Waals surface area contributed by atoms with Crippen molar-refractivity contribution in [1.29, 1.82) is 0 Å². The molecular formula is C34H29ClN6O5. The molecule has 11 nitrogen and oxygen atoms in total. The van der Waals surface area contributed by atoms with Gasteiger partial charge in [0.25, 0.3) is 5.56 Å². The van der Waals surface area contributed by atoms with Gasteiger partial charge in [0.05, 0.1) is 37.2 Å². The van der Waals surface area contributed by atoms with Gasteiger partial charge in [0.1, 0.15) is 17.1 Å². The molecule has 0 aliphatic heterocycles. The van der Waals surface area contributed by atoms with Crippen molar-refractivity contribution in [3.8, 4) is 22.6 Å². The number of aromatic nitrogens is 3. The summed E-state index contributed by atoms with van der Waals surface area (Å²) in [5.41, 5.74) is 3.03. The molecule has 46 heavy (non-hydrogen) atoms. The van der Waals surface area contributed by atoms with Crippen molar-refractivity contribution in [2.45, 2.75) is 6.54 Å². The minimum Gasteiger partial charge on any atom is -0.497 e. The molecule has 0 atom stereocenters. The Labute approximate surface area is 269 Å². The number of methoxy groups -OCH3 is 2. The van der Waals surface area contributed by atoms with Gasteiger partial charge in [-0.25, -0.2) is 4.98 Å². The van der Waals surface area contributed by atoms with Crippen LogP contribution in [0, 0.1) is 0 Å². The van der Waals surface area contributed by atoms with E-state index < -0.39 is 0 Å². The van der Waals surface area contributed by atoms with Gasteiger partial charge in [0.2, 0.25) is 17.8 Å². The molecule has 2 heterocycles. The van der Waals surface area contributed by atoms with E-state index >= 15 is 0 Å². The highest BCUT2D eigenvalue weighted by Gasteiger charge is 2.20. The molecule has 5 aromatic rings. The lowest BCUT2D eigenvalue weighted by Gasteiger charge is -2.16. The van der Waals surface area contributed by atoms with Gasteiger partial charge >= 0.3 is 0 Å². The van der Waals surface area contributed by atoms with Crippen LogP contribution in [-0.2, 0) is 16.1 Å². The van der Waals surface area contributed by atoms with Gasteiger partial charge in [-0.3, -0.25) is 19.0 Å². The predicted molar refractivity (Wildman–Crippen MR) is 180 cm³/mol. The van der Waals surface area contributed by atoms with Crippen molar-refractivity contribution >= 4 is 57.5 Å². The maximum absolute atomic E-state index is 14.3. The summed E-state index contributed by atoms with van der Waals surface area (Å²) in [6.45, 7) is 7.09. The van der Waals surface area contributed by atoms with Gasteiger partial charge in [0, 0.05) is 34.5 Å². The largest absolute Gasteiger partial charge is 0.497 e. The summed E-state index contributed by atoms with van der Waals surface area (Å²) in [7, 11) is 2.99. The van der Waals surface area contributed by atoms with Crippen LogP contribution in [0.1, 0.15) is 5.56 Å². The van der Waals surface area contributed by atoms with Gasteiger partial charge in [-0.15, -0.1) is 0 Å². The molecule has 3 N–H and O–H groups in total. The minimum absolute atomic E-state index is 0.125. The lowest BCUT2D eigenvalue weighted by molar-refractivity contribution is -0.112. The Morgan fingerprint density at radius 1 is 0.913 bits per heavy atom. The Kier molecular flexibility index (Phi) is 9.44. The number of halogens is 1. The van der Waals surface area contributed by atoms with Crippen LogP contribution < -0.4 is 31.0 Å². The van der Waals surface area contributed by atoms with Crippen molar-refractivity contribution in [3.05, 3.63) is 119 Å². The average Bonchev–Trinajstić information content (AvgIpc) is 3.07. The van der Waals surface area contributed by atoms with E-state index in [1.807, 2.05) is 0 Å². The lowest BCUT2D eigenvalue weighted by atomic mass is 10.0. The van der Waals surface area contributed by atoms with Crippen LogP contribution in [-0.4, -0.2) is 40.6 Å². The Morgan fingerprint density at radius 2 is 1.61 bits per heavy atom. The smallest absolute Gasteiger partial charge is 0.260 e. The van der Waals surface area contributed by atoms with E-state index in [1.54, 1.807) is 72.9 Å². The molecule has 2 aromatic heterocycles. The first-order valence-electron chi connectivity index (χ1n) is 13.9. The summed E-state index contributed by atoms with van der Waals surface area (Å²) >= 11 is 6.71. The summed E-state index contributed by atoms with van der Waals surface area (Å²) in [6.07, 6.45) is 3.94. The molecule has 3 aromatic carbocycles. The standard InChI is InChI=1S/C34H29ClN6O5/c1-5-29(42)37-22-13-11-20(12-14-22)19-41-32-21(15-25(33(41)44)24-16-23(45-3)17-28(46-4)31(24)35)18-36-34(40-32)39-27-10-8-7-9-26(27)38-30(43)6-2/h5-18H,1-2,19H2,3-4H3,(H,37,42)(H,38,43)(H,36,39,40). The molecule has 5 rings (SSSR count). The Bertz CT molecular complexity index is 2040. The number of nitrogens with zero attached hydrogens (tertiary/aromatic N) is 3. The van der Waals surface area contributed by atoms with Gasteiger partial charge in [-0.1, -0.05) is 49.0 Å². The van der Waals surface area contributed by atoms with Crippen LogP contribution in [0.3, 0.4) is 0 Å². The second-order valence-corrected chi connectivity index (χ2v) is 10.2. The maximum Gasteiger partial charge on any atom is 0.260 e. The summed E-state index contributed by atoms with van der Waals surface area (Å²) < 4.78 is 12.4. The van der Waals surface area contributed by atoms with Gasteiger partial charge < -0.3 is 25.4 Å². The van der Waals surface area contributed by atoms with Crippen molar-refractivity contribution < 1.29 is 19.1 Å². The predicted octanol–water partition coefficient (Wildman–Crippen LogP) is 6.17. The third kappa shape index (κ3) is 6.74. The first-order chi connectivity index (χ1) is 22.2. The topological polar surface area (TPSA) is 136 Å². The highest BCUT2D eigenvalue weighted by Crippen LogP contribution is 2.38. The monoisotopic (exact) mass is 636 g/mol. The summed E-state index contributed by atoms with van der Waals surface area (Å²) in [6, 6.07) is 19.1. The number of pyridine rings is 1. The quantitative estimate of drug-likeness (QED) is 0.146. The molecule has 0 saturated carbocycles. The molecule has 0 bridgehead atoms. The zero-order valence-electron chi connectivity index (χ0n) is 25.0. The SMILES string of the molecule is C=CC(=O)Nc1ccc(Cn2c(=O)c(-c3cc(OC)cc(OC)c3Cl)cc3cnc(Nc4ccccc4NC(=O)C=C)nc32)cc1. The first kappa shape index (κ1) is 31.5. The summed E-state index contributed by atoms with van der Waals surface area (Å²) in [4.78, 5) is 47.2. The van der Waals surface area contributed by atoms with E-state index in [0.29, 0.717) is 45.2 Å². The number of para-hydroxylation sites is 2. The normalized spacial score (nSPS) is 10.6. The number of amides is 2. The zero-order valence-corrected chi connectivity index (χ0v) is 25.7. The van der Waals surface area contributed by atoms with E-state index in [-0.39, 0.29) is 40.5 Å². The number of nitrogens with one attached hydrogen (secondary N) is 3. The molecule has 232 valence electrons. The van der Waals surface area contributed by atoms with Crippen LogP contribution >= 0.6 is 11.6 Å². The number of carbonyl (C=O) groups is 2. The molecule has 0 unspecified atom stereocenters. The number of fused-ring (bicyclic) bond motifs is 1. The number of rotatable bonds is 11. The van der Waals surface area contributed by atoms with Crippen LogP contribution in [0.2, 0.25) is 5.02 Å². The number of benzene rings is 3. The third-order valence-corrected chi connectivity index (χ3v) is 7.34. The Morgan fingerprint density at radius 3 is 2.28 bits per heavy atom. The van der Waals surface area contributed by atoms with E-state index in [1.165, 1.54) is 30.9 Å². The fourth-order valence-electron chi connectivity index (χ4n) is 4.67. The zero-order chi connectivity index (χ0) is 32.8. The van der Waals surface area contributed by atoms with Crippen molar-refractivity contribution in [3.63, 3.8) is 0 Å². The number of anilines is 4. The lowest BCUT2D eigenvalue weighted by Crippen LogP contribution is -2.24.